The molecule has 0 radical (unpaired) electrons. The first-order valence-electron chi connectivity index (χ1n) is 6.50. The molecule has 3 nitrogen and oxygen atoms in total. The third-order valence-corrected chi connectivity index (χ3v) is 4.11. The lowest BCUT2D eigenvalue weighted by Gasteiger charge is -2.31. The van der Waals surface area contributed by atoms with Crippen molar-refractivity contribution in [2.75, 3.05) is 24.5 Å². The van der Waals surface area contributed by atoms with Crippen LogP contribution in [0.5, 0.6) is 0 Å². The highest BCUT2D eigenvalue weighted by Gasteiger charge is 2.18. The van der Waals surface area contributed by atoms with Crippen molar-refractivity contribution in [3.63, 3.8) is 0 Å². The maximum Gasteiger partial charge on any atom is 0.143 e. The molecule has 1 aromatic heterocycles. The van der Waals surface area contributed by atoms with E-state index >= 15 is 0 Å². The Hall–Kier alpha value is -0.320. The summed E-state index contributed by atoms with van der Waals surface area (Å²) in [5.74, 6) is 0.981. The summed E-state index contributed by atoms with van der Waals surface area (Å²) in [4.78, 5) is 6.73. The minimum absolute atomic E-state index is 0.572. The Balaban J connectivity index is 2.07. The Morgan fingerprint density at radius 2 is 2.39 bits per heavy atom. The van der Waals surface area contributed by atoms with E-state index < -0.39 is 0 Å². The van der Waals surface area contributed by atoms with E-state index in [0.29, 0.717) is 11.1 Å². The molecule has 5 heteroatoms. The third-order valence-electron chi connectivity index (χ3n) is 3.32. The largest absolute Gasteiger partial charge is 0.354 e. The summed E-state index contributed by atoms with van der Waals surface area (Å²) in [6.45, 7) is 5.25. The van der Waals surface area contributed by atoms with Crippen molar-refractivity contribution in [2.24, 2.45) is 0 Å². The quantitative estimate of drug-likeness (QED) is 0.915. The normalized spacial score (nSPS) is 19.8. The van der Waals surface area contributed by atoms with Crippen molar-refractivity contribution in [1.82, 2.24) is 10.3 Å². The van der Waals surface area contributed by atoms with Crippen molar-refractivity contribution in [3.05, 3.63) is 21.8 Å². The van der Waals surface area contributed by atoms with Crippen molar-refractivity contribution >= 4 is 33.3 Å². The highest BCUT2D eigenvalue weighted by molar-refractivity contribution is 9.10. The molecule has 0 aliphatic carbocycles. The average molecular weight is 333 g/mol. The standard InChI is InChI=1S/C13H19BrClN3/c1-2-18(9-11-5-3-4-6-16-11)13-12(14)7-10(15)8-17-13/h7-8,11,16H,2-6,9H2,1H3. The van der Waals surface area contributed by atoms with Crippen LogP contribution in [0.25, 0.3) is 0 Å². The molecule has 2 heterocycles. The number of hydrogen-bond acceptors (Lipinski definition) is 3. The lowest BCUT2D eigenvalue weighted by Crippen LogP contribution is -2.44. The molecule has 1 unspecified atom stereocenters. The van der Waals surface area contributed by atoms with Crippen LogP contribution < -0.4 is 10.2 Å². The molecule has 0 saturated carbocycles. The monoisotopic (exact) mass is 331 g/mol. The summed E-state index contributed by atoms with van der Waals surface area (Å²) in [7, 11) is 0. The van der Waals surface area contributed by atoms with Crippen molar-refractivity contribution < 1.29 is 0 Å². The van der Waals surface area contributed by atoms with Crippen LogP contribution in [0.4, 0.5) is 5.82 Å². The van der Waals surface area contributed by atoms with Crippen LogP contribution >= 0.6 is 27.5 Å². The molecule has 0 aromatic carbocycles. The van der Waals surface area contributed by atoms with Crippen LogP contribution in [-0.4, -0.2) is 30.7 Å². The fourth-order valence-electron chi connectivity index (χ4n) is 2.35. The lowest BCUT2D eigenvalue weighted by atomic mass is 10.0. The van der Waals surface area contributed by atoms with Gasteiger partial charge in [-0.1, -0.05) is 18.0 Å². The Morgan fingerprint density at radius 1 is 1.56 bits per heavy atom. The van der Waals surface area contributed by atoms with Gasteiger partial charge in [0, 0.05) is 25.3 Å². The molecule has 1 atom stereocenters. The van der Waals surface area contributed by atoms with E-state index in [4.69, 9.17) is 11.6 Å². The molecule has 1 N–H and O–H groups in total. The number of nitrogens with one attached hydrogen (secondary N) is 1. The lowest BCUT2D eigenvalue weighted by molar-refractivity contribution is 0.399. The van der Waals surface area contributed by atoms with E-state index in [0.717, 1.165) is 29.9 Å². The summed E-state index contributed by atoms with van der Waals surface area (Å²) in [5, 5.41) is 4.24. The summed E-state index contributed by atoms with van der Waals surface area (Å²) in [6.07, 6.45) is 5.58. The summed E-state index contributed by atoms with van der Waals surface area (Å²) < 4.78 is 0.965. The van der Waals surface area contributed by atoms with E-state index in [9.17, 15) is 0 Å². The molecule has 18 heavy (non-hydrogen) atoms. The molecular formula is C13H19BrClN3. The van der Waals surface area contributed by atoms with Crippen molar-refractivity contribution in [1.29, 1.82) is 0 Å². The van der Waals surface area contributed by atoms with Crippen LogP contribution in [0.1, 0.15) is 26.2 Å². The predicted molar refractivity (Wildman–Crippen MR) is 80.5 cm³/mol. The minimum Gasteiger partial charge on any atom is -0.354 e. The second kappa shape index (κ2) is 6.73. The summed E-state index contributed by atoms with van der Waals surface area (Å²) in [6, 6.07) is 2.48. The van der Waals surface area contributed by atoms with Gasteiger partial charge in [-0.15, -0.1) is 0 Å². The molecule has 1 aliphatic heterocycles. The first-order valence-corrected chi connectivity index (χ1v) is 7.67. The van der Waals surface area contributed by atoms with Gasteiger partial charge in [-0.2, -0.15) is 0 Å². The molecule has 100 valence electrons. The molecule has 1 aromatic rings. The van der Waals surface area contributed by atoms with Gasteiger partial charge in [0.1, 0.15) is 5.82 Å². The highest BCUT2D eigenvalue weighted by Crippen LogP contribution is 2.27. The molecule has 1 fully saturated rings. The maximum absolute atomic E-state index is 5.93. The molecule has 0 spiro atoms. The number of likely N-dealkylation sites (N-methyl/N-ethyl adjacent to an activating group) is 1. The minimum atomic E-state index is 0.572. The Kier molecular flexibility index (Phi) is 5.27. The summed E-state index contributed by atoms with van der Waals surface area (Å²) in [5.41, 5.74) is 0. The predicted octanol–water partition coefficient (Wildman–Crippen LogP) is 3.47. The maximum atomic E-state index is 5.93. The number of hydrogen-bond donors (Lipinski definition) is 1. The van der Waals surface area contributed by atoms with Crippen LogP contribution in [0, 0.1) is 0 Å². The third kappa shape index (κ3) is 3.59. The topological polar surface area (TPSA) is 28.2 Å². The second-order valence-corrected chi connectivity index (χ2v) is 5.94. The van der Waals surface area contributed by atoms with Crippen LogP contribution in [0.2, 0.25) is 5.02 Å². The van der Waals surface area contributed by atoms with Gasteiger partial charge in [-0.05, 0) is 48.3 Å². The van der Waals surface area contributed by atoms with Gasteiger partial charge in [0.25, 0.3) is 0 Å². The highest BCUT2D eigenvalue weighted by atomic mass is 79.9. The van der Waals surface area contributed by atoms with Gasteiger partial charge in [-0.3, -0.25) is 0 Å². The number of piperidine rings is 1. The number of rotatable bonds is 4. The van der Waals surface area contributed by atoms with E-state index in [1.807, 2.05) is 6.07 Å². The van der Waals surface area contributed by atoms with Gasteiger partial charge < -0.3 is 10.2 Å². The molecule has 0 bridgehead atoms. The zero-order chi connectivity index (χ0) is 13.0. The van der Waals surface area contributed by atoms with Gasteiger partial charge in [0.05, 0.1) is 9.50 Å². The zero-order valence-electron chi connectivity index (χ0n) is 10.6. The van der Waals surface area contributed by atoms with Gasteiger partial charge >= 0.3 is 0 Å². The van der Waals surface area contributed by atoms with E-state index in [1.54, 1.807) is 6.20 Å². The number of anilines is 1. The fraction of sp³-hybridized carbons (Fsp3) is 0.615. The molecular weight excluding hydrogens is 314 g/mol. The van der Waals surface area contributed by atoms with Gasteiger partial charge in [-0.25, -0.2) is 4.98 Å². The number of pyridine rings is 1. The van der Waals surface area contributed by atoms with Crippen LogP contribution in [0.15, 0.2) is 16.7 Å². The summed E-state index contributed by atoms with van der Waals surface area (Å²) >= 11 is 9.48. The first-order chi connectivity index (χ1) is 8.70. The van der Waals surface area contributed by atoms with E-state index in [-0.39, 0.29) is 0 Å². The Labute approximate surface area is 122 Å². The van der Waals surface area contributed by atoms with Gasteiger partial charge in [0.15, 0.2) is 0 Å². The SMILES string of the molecule is CCN(CC1CCCCN1)c1ncc(Cl)cc1Br. The number of aromatic nitrogens is 1. The molecule has 2 rings (SSSR count). The van der Waals surface area contributed by atoms with E-state index in [2.05, 4.69) is 38.1 Å². The number of nitrogens with zero attached hydrogens (tertiary/aromatic N) is 2. The first kappa shape index (κ1) is 14.1. The number of halogens is 2. The van der Waals surface area contributed by atoms with Crippen molar-refractivity contribution in [2.45, 2.75) is 32.2 Å². The molecule has 1 saturated heterocycles. The molecule has 0 amide bonds. The van der Waals surface area contributed by atoms with Crippen LogP contribution in [0.3, 0.4) is 0 Å². The Morgan fingerprint density at radius 3 is 3.00 bits per heavy atom. The Bertz CT molecular complexity index is 394. The molecule has 1 aliphatic rings. The second-order valence-electron chi connectivity index (χ2n) is 4.64. The fourth-order valence-corrected chi connectivity index (χ4v) is 3.24. The van der Waals surface area contributed by atoms with Crippen molar-refractivity contribution in [3.8, 4) is 0 Å². The smallest absolute Gasteiger partial charge is 0.143 e. The zero-order valence-corrected chi connectivity index (χ0v) is 13.0. The van der Waals surface area contributed by atoms with Crippen LogP contribution in [-0.2, 0) is 0 Å². The van der Waals surface area contributed by atoms with E-state index in [1.165, 1.54) is 19.3 Å². The average Bonchev–Trinajstić information content (AvgIpc) is 2.38. The van der Waals surface area contributed by atoms with Gasteiger partial charge in [0.2, 0.25) is 0 Å².